The molecular weight excluding hydrogens is 327 g/mol. The van der Waals surface area contributed by atoms with Gasteiger partial charge in [-0.2, -0.15) is 0 Å². The van der Waals surface area contributed by atoms with Crippen molar-refractivity contribution < 1.29 is 9.18 Å². The van der Waals surface area contributed by atoms with Crippen LogP contribution in [0.4, 0.5) is 10.1 Å². The maximum atomic E-state index is 13.2. The summed E-state index contributed by atoms with van der Waals surface area (Å²) >= 11 is 1.42. The van der Waals surface area contributed by atoms with Crippen LogP contribution >= 0.6 is 11.8 Å². The van der Waals surface area contributed by atoms with Crippen LogP contribution in [-0.4, -0.2) is 25.9 Å². The number of nitrogens with zero attached hydrogens (tertiary/aromatic N) is 3. The summed E-state index contributed by atoms with van der Waals surface area (Å²) in [4.78, 5) is 12.4. The van der Waals surface area contributed by atoms with E-state index in [-0.39, 0.29) is 17.0 Å². The number of halogens is 1. The zero-order valence-electron chi connectivity index (χ0n) is 13.4. The number of nitrogens with one attached hydrogen (secondary N) is 1. The number of hydrogen-bond acceptors (Lipinski definition) is 4. The highest BCUT2D eigenvalue weighted by atomic mass is 32.2. The number of aromatic nitrogens is 3. The molecule has 126 valence electrons. The van der Waals surface area contributed by atoms with E-state index in [0.29, 0.717) is 17.6 Å². The Morgan fingerprint density at radius 2 is 2.12 bits per heavy atom. The van der Waals surface area contributed by atoms with E-state index < -0.39 is 0 Å². The predicted molar refractivity (Wildman–Crippen MR) is 90.6 cm³/mol. The van der Waals surface area contributed by atoms with E-state index >= 15 is 0 Å². The van der Waals surface area contributed by atoms with E-state index in [2.05, 4.69) is 20.1 Å². The lowest BCUT2D eigenvalue weighted by molar-refractivity contribution is -0.115. The lowest BCUT2D eigenvalue weighted by Crippen LogP contribution is -2.23. The maximum Gasteiger partial charge on any atom is 0.237 e. The Labute approximate surface area is 144 Å². The summed E-state index contributed by atoms with van der Waals surface area (Å²) in [7, 11) is 0. The molecule has 0 saturated heterocycles. The van der Waals surface area contributed by atoms with Crippen molar-refractivity contribution in [3.8, 4) is 0 Å². The number of rotatable bonds is 6. The zero-order chi connectivity index (χ0) is 16.7. The van der Waals surface area contributed by atoms with E-state index in [1.54, 1.807) is 12.1 Å². The molecule has 4 rings (SSSR count). The number of thioether (sulfide) groups is 1. The van der Waals surface area contributed by atoms with Gasteiger partial charge in [0.2, 0.25) is 5.91 Å². The van der Waals surface area contributed by atoms with Gasteiger partial charge in [0.05, 0.1) is 5.25 Å². The van der Waals surface area contributed by atoms with Crippen molar-refractivity contribution in [1.29, 1.82) is 0 Å². The average molecular weight is 346 g/mol. The topological polar surface area (TPSA) is 59.8 Å². The van der Waals surface area contributed by atoms with Crippen LogP contribution in [-0.2, 0) is 4.79 Å². The summed E-state index contributed by atoms with van der Waals surface area (Å²) in [6.45, 7) is 1.84. The Morgan fingerprint density at radius 3 is 2.79 bits per heavy atom. The first-order chi connectivity index (χ1) is 11.6. The molecule has 2 aliphatic rings. The molecule has 0 unspecified atom stereocenters. The number of benzene rings is 1. The molecule has 24 heavy (non-hydrogen) atoms. The summed E-state index contributed by atoms with van der Waals surface area (Å²) in [6, 6.07) is 6.42. The normalized spacial score (nSPS) is 18.4. The van der Waals surface area contributed by atoms with Gasteiger partial charge in [0, 0.05) is 17.6 Å². The Morgan fingerprint density at radius 1 is 1.33 bits per heavy atom. The van der Waals surface area contributed by atoms with E-state index in [1.807, 2.05) is 6.92 Å². The first-order valence-electron chi connectivity index (χ1n) is 8.29. The quantitative estimate of drug-likeness (QED) is 0.809. The predicted octanol–water partition coefficient (Wildman–Crippen LogP) is 3.75. The van der Waals surface area contributed by atoms with Crippen LogP contribution in [0.2, 0.25) is 0 Å². The van der Waals surface area contributed by atoms with Crippen molar-refractivity contribution in [2.75, 3.05) is 5.32 Å². The van der Waals surface area contributed by atoms with E-state index in [0.717, 1.165) is 23.8 Å². The van der Waals surface area contributed by atoms with Crippen LogP contribution in [0.15, 0.2) is 29.4 Å². The third-order valence-electron chi connectivity index (χ3n) is 4.29. The largest absolute Gasteiger partial charge is 0.325 e. The molecule has 1 aromatic carbocycles. The second kappa shape index (κ2) is 6.20. The first-order valence-corrected chi connectivity index (χ1v) is 9.17. The third-order valence-corrected chi connectivity index (χ3v) is 5.35. The highest BCUT2D eigenvalue weighted by Crippen LogP contribution is 2.46. The van der Waals surface area contributed by atoms with Gasteiger partial charge < -0.3 is 9.88 Å². The monoisotopic (exact) mass is 346 g/mol. The molecule has 7 heteroatoms. The maximum absolute atomic E-state index is 13.2. The molecule has 1 atom stereocenters. The third kappa shape index (κ3) is 3.31. The van der Waals surface area contributed by atoms with Crippen LogP contribution < -0.4 is 5.32 Å². The van der Waals surface area contributed by atoms with Gasteiger partial charge in [-0.25, -0.2) is 4.39 Å². The van der Waals surface area contributed by atoms with Crippen LogP contribution in [0.1, 0.15) is 50.4 Å². The minimum atomic E-state index is -0.365. The molecular formula is C17H19FN4OS. The molecule has 0 spiro atoms. The van der Waals surface area contributed by atoms with Crippen LogP contribution in [0.25, 0.3) is 0 Å². The van der Waals surface area contributed by atoms with Gasteiger partial charge in [-0.3, -0.25) is 4.79 Å². The van der Waals surface area contributed by atoms with Crippen LogP contribution in [0.5, 0.6) is 0 Å². The Kier molecular flexibility index (Phi) is 4.04. The number of carbonyl (C=O) groups excluding carboxylic acids is 1. The lowest BCUT2D eigenvalue weighted by Gasteiger charge is -2.13. The fourth-order valence-electron chi connectivity index (χ4n) is 2.69. The van der Waals surface area contributed by atoms with Crippen molar-refractivity contribution in [1.82, 2.24) is 14.8 Å². The van der Waals surface area contributed by atoms with Gasteiger partial charge in [0.1, 0.15) is 11.6 Å². The second-order valence-electron chi connectivity index (χ2n) is 6.48. The standard InChI is InChI=1S/C17H19FN4OS/c1-10(16(23)19-13-4-2-3-12(18)9-13)24-17-21-20-15(11-5-6-11)22(17)14-7-8-14/h2-4,9-11,14H,5-8H2,1H3,(H,19,23)/t10-/m1/s1. The van der Waals surface area contributed by atoms with Gasteiger partial charge in [-0.15, -0.1) is 10.2 Å². The molecule has 0 bridgehead atoms. The van der Waals surface area contributed by atoms with Crippen LogP contribution in [0, 0.1) is 5.82 Å². The summed E-state index contributed by atoms with van der Waals surface area (Å²) < 4.78 is 15.5. The Hall–Kier alpha value is -1.89. The molecule has 0 aliphatic heterocycles. The molecule has 2 aromatic rings. The number of carbonyl (C=O) groups is 1. The number of hydrogen-bond donors (Lipinski definition) is 1. The highest BCUT2D eigenvalue weighted by Gasteiger charge is 2.37. The fourth-order valence-corrected chi connectivity index (χ4v) is 3.61. The lowest BCUT2D eigenvalue weighted by atomic mass is 10.3. The summed E-state index contributed by atoms with van der Waals surface area (Å²) in [6.07, 6.45) is 4.70. The number of amides is 1. The van der Waals surface area contributed by atoms with E-state index in [1.165, 1.54) is 36.7 Å². The molecule has 2 aliphatic carbocycles. The summed E-state index contributed by atoms with van der Waals surface area (Å²) in [5.74, 6) is 1.10. The molecule has 5 nitrogen and oxygen atoms in total. The second-order valence-corrected chi connectivity index (χ2v) is 7.78. The van der Waals surface area contributed by atoms with Crippen molar-refractivity contribution in [2.24, 2.45) is 0 Å². The van der Waals surface area contributed by atoms with Crippen LogP contribution in [0.3, 0.4) is 0 Å². The summed E-state index contributed by atoms with van der Waals surface area (Å²) in [5, 5.41) is 11.9. The minimum absolute atomic E-state index is 0.163. The van der Waals surface area contributed by atoms with Gasteiger partial charge in [0.25, 0.3) is 0 Å². The SMILES string of the molecule is C[C@@H](Sc1nnc(C2CC2)n1C1CC1)C(=O)Nc1cccc(F)c1. The van der Waals surface area contributed by atoms with E-state index in [4.69, 9.17) is 0 Å². The van der Waals surface area contributed by atoms with Gasteiger partial charge >= 0.3 is 0 Å². The Balaban J connectivity index is 1.46. The molecule has 1 aromatic heterocycles. The molecule has 0 radical (unpaired) electrons. The van der Waals surface area contributed by atoms with Crippen molar-refractivity contribution >= 4 is 23.4 Å². The Bertz CT molecular complexity index is 770. The van der Waals surface area contributed by atoms with Crippen molar-refractivity contribution in [3.63, 3.8) is 0 Å². The van der Waals surface area contributed by atoms with E-state index in [9.17, 15) is 9.18 Å². The van der Waals surface area contributed by atoms with Crippen molar-refractivity contribution in [2.45, 2.75) is 55.0 Å². The smallest absolute Gasteiger partial charge is 0.237 e. The van der Waals surface area contributed by atoms with Gasteiger partial charge in [0.15, 0.2) is 5.16 Å². The molecule has 1 heterocycles. The summed E-state index contributed by atoms with van der Waals surface area (Å²) in [5.41, 5.74) is 0.467. The number of anilines is 1. The van der Waals surface area contributed by atoms with Gasteiger partial charge in [-0.1, -0.05) is 17.8 Å². The van der Waals surface area contributed by atoms with Gasteiger partial charge in [-0.05, 0) is 50.8 Å². The molecule has 1 N–H and O–H groups in total. The van der Waals surface area contributed by atoms with Crippen molar-refractivity contribution in [3.05, 3.63) is 35.9 Å². The molecule has 2 saturated carbocycles. The average Bonchev–Trinajstić information content (AvgIpc) is 3.46. The highest BCUT2D eigenvalue weighted by molar-refractivity contribution is 8.00. The zero-order valence-corrected chi connectivity index (χ0v) is 14.2. The molecule has 2 fully saturated rings. The first kappa shape index (κ1) is 15.6. The molecule has 1 amide bonds. The minimum Gasteiger partial charge on any atom is -0.325 e. The fraction of sp³-hybridized carbons (Fsp3) is 0.471.